The van der Waals surface area contributed by atoms with Gasteiger partial charge in [0, 0.05) is 25.2 Å². The Hall–Kier alpha value is -1.31. The van der Waals surface area contributed by atoms with E-state index in [4.69, 9.17) is 5.11 Å². The molecule has 0 aromatic heterocycles. The summed E-state index contributed by atoms with van der Waals surface area (Å²) in [6.45, 7) is 1.54. The van der Waals surface area contributed by atoms with E-state index >= 15 is 0 Å². The Kier molecular flexibility index (Phi) is 12.4. The van der Waals surface area contributed by atoms with E-state index in [1.54, 1.807) is 0 Å². The number of unbranched alkanes of at least 4 members (excludes halogenated alkanes) is 1. The lowest BCUT2D eigenvalue weighted by molar-refractivity contribution is -0.113. The Morgan fingerprint density at radius 2 is 1.63 bits per heavy atom. The van der Waals surface area contributed by atoms with Crippen molar-refractivity contribution in [2.24, 2.45) is 0 Å². The second-order valence-electron chi connectivity index (χ2n) is 7.59. The summed E-state index contributed by atoms with van der Waals surface area (Å²) in [5.41, 5.74) is 0. The van der Waals surface area contributed by atoms with Crippen molar-refractivity contribution < 1.29 is 35.1 Å². The molecule has 1 aliphatic rings. The van der Waals surface area contributed by atoms with Gasteiger partial charge in [0.05, 0.1) is 12.7 Å². The zero-order valence-corrected chi connectivity index (χ0v) is 18.2. The molecule has 0 unspecified atom stereocenters. The summed E-state index contributed by atoms with van der Waals surface area (Å²) in [6.07, 6.45) is -2.01. The Labute approximate surface area is 182 Å². The fourth-order valence-electron chi connectivity index (χ4n) is 3.20. The number of urea groups is 2. The average Bonchev–Trinajstić information content (AvgIpc) is 2.75. The third-order valence-electron chi connectivity index (χ3n) is 5.19. The van der Waals surface area contributed by atoms with Gasteiger partial charge in [0.25, 0.3) is 0 Å². The quantitative estimate of drug-likeness (QED) is 0.138. The number of hydrogen-bond donors (Lipinski definition) is 9. The third-order valence-corrected chi connectivity index (χ3v) is 5.70. The number of nitrogens with one attached hydrogen (secondary N) is 3. The van der Waals surface area contributed by atoms with Gasteiger partial charge < -0.3 is 41.5 Å². The second kappa shape index (κ2) is 13.9. The van der Waals surface area contributed by atoms with E-state index in [1.807, 2.05) is 6.92 Å². The zero-order valence-electron chi connectivity index (χ0n) is 17.3. The molecule has 30 heavy (non-hydrogen) atoms. The van der Waals surface area contributed by atoms with Crippen molar-refractivity contribution >= 4 is 24.9 Å². The SMILES string of the molecule is CCCCNC(=O)N(S)[C@H]1CC[C@H](NC(=O)NC[C@H](O)[C@@H](O)[C@H](O)[C@H](O)CO)CC1. The number of thiol groups is 1. The van der Waals surface area contributed by atoms with Gasteiger partial charge in [-0.05, 0) is 32.1 Å². The van der Waals surface area contributed by atoms with E-state index < -0.39 is 37.1 Å². The minimum Gasteiger partial charge on any atom is -0.394 e. The number of amides is 4. The van der Waals surface area contributed by atoms with Crippen molar-refractivity contribution in [1.82, 2.24) is 20.3 Å². The molecule has 8 N–H and O–H groups in total. The van der Waals surface area contributed by atoms with Gasteiger partial charge in [0.1, 0.15) is 18.3 Å². The van der Waals surface area contributed by atoms with E-state index in [2.05, 4.69) is 28.8 Å². The molecule has 12 heteroatoms. The molecule has 1 aliphatic carbocycles. The predicted octanol–water partition coefficient (Wildman–Crippen LogP) is -1.31. The standard InChI is InChI=1S/C18H36N4O7S/c1-2-3-8-19-18(29)22(30)12-6-4-11(5-7-12)21-17(28)20-9-13(24)15(26)16(27)14(25)10-23/h11-16,23-27,30H,2-10H2,1H3,(H,19,29)(H2,20,21,28)/t11-,12-,13-,14+,15+,16+/m0/s1. The zero-order chi connectivity index (χ0) is 22.7. The monoisotopic (exact) mass is 452 g/mol. The van der Waals surface area contributed by atoms with Gasteiger partial charge in [-0.15, -0.1) is 0 Å². The lowest BCUT2D eigenvalue weighted by Crippen LogP contribution is -2.52. The highest BCUT2D eigenvalue weighted by Gasteiger charge is 2.31. The van der Waals surface area contributed by atoms with Crippen LogP contribution in [0.25, 0.3) is 0 Å². The molecule has 1 saturated carbocycles. The van der Waals surface area contributed by atoms with Crippen LogP contribution in [-0.2, 0) is 0 Å². The third kappa shape index (κ3) is 8.82. The first-order valence-corrected chi connectivity index (χ1v) is 10.7. The van der Waals surface area contributed by atoms with E-state index in [1.165, 1.54) is 4.31 Å². The molecule has 0 bridgehead atoms. The summed E-state index contributed by atoms with van der Waals surface area (Å²) in [6, 6.07) is -0.883. The summed E-state index contributed by atoms with van der Waals surface area (Å²) in [7, 11) is 0. The van der Waals surface area contributed by atoms with Gasteiger partial charge in [-0.3, -0.25) is 4.31 Å². The van der Waals surface area contributed by atoms with E-state index in [9.17, 15) is 30.0 Å². The minimum absolute atomic E-state index is 0.0209. The van der Waals surface area contributed by atoms with Gasteiger partial charge in [-0.1, -0.05) is 26.2 Å². The molecule has 0 aliphatic heterocycles. The first kappa shape index (κ1) is 26.7. The maximum absolute atomic E-state index is 12.1. The summed E-state index contributed by atoms with van der Waals surface area (Å²) in [4.78, 5) is 24.1. The molecule has 4 amide bonds. The summed E-state index contributed by atoms with van der Waals surface area (Å²) < 4.78 is 1.41. The van der Waals surface area contributed by atoms with E-state index in [0.717, 1.165) is 12.8 Å². The molecule has 0 heterocycles. The molecular formula is C18H36N4O7S. The fraction of sp³-hybridized carbons (Fsp3) is 0.889. The van der Waals surface area contributed by atoms with Gasteiger partial charge in [0.15, 0.2) is 0 Å². The van der Waals surface area contributed by atoms with Crippen LogP contribution in [0.15, 0.2) is 0 Å². The maximum atomic E-state index is 12.1. The van der Waals surface area contributed by atoms with Crippen LogP contribution in [-0.4, -0.2) is 98.1 Å². The number of nitrogens with zero attached hydrogens (tertiary/aromatic N) is 1. The van der Waals surface area contributed by atoms with Crippen LogP contribution in [0.1, 0.15) is 45.4 Å². The number of carbonyl (C=O) groups excluding carboxylic acids is 2. The number of carbonyl (C=O) groups is 2. The highest BCUT2D eigenvalue weighted by Crippen LogP contribution is 2.24. The van der Waals surface area contributed by atoms with Crippen LogP contribution in [0.3, 0.4) is 0 Å². The molecule has 0 aromatic rings. The number of rotatable bonds is 11. The Balaban J connectivity index is 2.31. The molecule has 0 saturated heterocycles. The minimum atomic E-state index is -1.74. The maximum Gasteiger partial charge on any atom is 0.327 e. The molecule has 1 rings (SSSR count). The molecule has 176 valence electrons. The summed E-state index contributed by atoms with van der Waals surface area (Å²) in [5, 5.41) is 55.1. The van der Waals surface area contributed by atoms with E-state index in [-0.39, 0.29) is 24.7 Å². The smallest absolute Gasteiger partial charge is 0.327 e. The molecular weight excluding hydrogens is 416 g/mol. The lowest BCUT2D eigenvalue weighted by Gasteiger charge is -2.34. The molecule has 0 radical (unpaired) electrons. The highest BCUT2D eigenvalue weighted by molar-refractivity contribution is 7.78. The van der Waals surface area contributed by atoms with Crippen LogP contribution < -0.4 is 16.0 Å². The van der Waals surface area contributed by atoms with Crippen LogP contribution in [0.2, 0.25) is 0 Å². The van der Waals surface area contributed by atoms with Crippen LogP contribution >= 0.6 is 12.8 Å². The van der Waals surface area contributed by atoms with Crippen LogP contribution in [0, 0.1) is 0 Å². The number of aliphatic hydroxyl groups excluding tert-OH is 5. The van der Waals surface area contributed by atoms with E-state index in [0.29, 0.717) is 32.2 Å². The Bertz CT molecular complexity index is 523. The predicted molar refractivity (Wildman–Crippen MR) is 113 cm³/mol. The highest BCUT2D eigenvalue weighted by atomic mass is 32.1. The first-order chi connectivity index (χ1) is 14.2. The number of aliphatic hydroxyl groups is 5. The van der Waals surface area contributed by atoms with Gasteiger partial charge in [-0.25, -0.2) is 9.59 Å². The Morgan fingerprint density at radius 1 is 1.03 bits per heavy atom. The lowest BCUT2D eigenvalue weighted by atomic mass is 9.91. The molecule has 11 nitrogen and oxygen atoms in total. The van der Waals surface area contributed by atoms with Crippen LogP contribution in [0.5, 0.6) is 0 Å². The summed E-state index contributed by atoms with van der Waals surface area (Å²) in [5.74, 6) is 0. The largest absolute Gasteiger partial charge is 0.394 e. The second-order valence-corrected chi connectivity index (χ2v) is 8.02. The molecule has 0 aromatic carbocycles. The van der Waals surface area contributed by atoms with Crippen LogP contribution in [0.4, 0.5) is 9.59 Å². The van der Waals surface area contributed by atoms with Gasteiger partial charge >= 0.3 is 12.1 Å². The molecule has 1 fully saturated rings. The fourth-order valence-corrected chi connectivity index (χ4v) is 3.50. The van der Waals surface area contributed by atoms with Crippen molar-refractivity contribution in [1.29, 1.82) is 0 Å². The van der Waals surface area contributed by atoms with Crippen molar-refractivity contribution in [3.8, 4) is 0 Å². The first-order valence-electron chi connectivity index (χ1n) is 10.3. The van der Waals surface area contributed by atoms with Crippen molar-refractivity contribution in [3.63, 3.8) is 0 Å². The topological polar surface area (TPSA) is 175 Å². The van der Waals surface area contributed by atoms with Gasteiger partial charge in [0.2, 0.25) is 0 Å². The Morgan fingerprint density at radius 3 is 2.20 bits per heavy atom. The van der Waals surface area contributed by atoms with Crippen molar-refractivity contribution in [2.75, 3.05) is 19.7 Å². The molecule has 0 spiro atoms. The normalized spacial score (nSPS) is 23.0. The van der Waals surface area contributed by atoms with Gasteiger partial charge in [-0.2, -0.15) is 0 Å². The molecule has 4 atom stereocenters. The van der Waals surface area contributed by atoms with Crippen molar-refractivity contribution in [2.45, 2.75) is 81.9 Å². The average molecular weight is 453 g/mol. The number of hydrogen-bond acceptors (Lipinski definition) is 8. The summed E-state index contributed by atoms with van der Waals surface area (Å²) >= 11 is 4.30. The van der Waals surface area contributed by atoms with Crippen molar-refractivity contribution in [3.05, 3.63) is 0 Å².